The fourth-order valence-electron chi connectivity index (χ4n) is 0.965. The predicted molar refractivity (Wildman–Crippen MR) is 63.4 cm³/mol. The lowest BCUT2D eigenvalue weighted by Crippen LogP contribution is -1.96. The first kappa shape index (κ1) is 12.4. The number of aromatic carboxylic acids is 1. The molecule has 0 amide bonds. The van der Waals surface area contributed by atoms with Gasteiger partial charge >= 0.3 is 5.97 Å². The maximum Gasteiger partial charge on any atom is 0.337 e. The van der Waals surface area contributed by atoms with Crippen LogP contribution in [0.1, 0.15) is 23.0 Å². The van der Waals surface area contributed by atoms with Gasteiger partial charge in [0.15, 0.2) is 5.12 Å². The van der Waals surface area contributed by atoms with Gasteiger partial charge in [-0.3, -0.25) is 9.78 Å². The first-order chi connectivity index (χ1) is 7.59. The molecule has 0 radical (unpaired) electrons. The van der Waals surface area contributed by atoms with Gasteiger partial charge in [-0.05, 0) is 18.2 Å². The van der Waals surface area contributed by atoms with Gasteiger partial charge in [0.05, 0.1) is 11.3 Å². The fraction of sp³-hybridized carbons (Fsp3) is 0.182. The Balaban J connectivity index is 2.55. The lowest BCUT2D eigenvalue weighted by atomic mass is 10.2. The van der Waals surface area contributed by atoms with Crippen LogP contribution >= 0.6 is 11.8 Å². The van der Waals surface area contributed by atoms with Crippen molar-refractivity contribution in [2.24, 2.45) is 0 Å². The molecule has 0 aliphatic heterocycles. The van der Waals surface area contributed by atoms with Crippen LogP contribution in [0, 0.1) is 0 Å². The molecule has 1 aromatic heterocycles. The lowest BCUT2D eigenvalue weighted by Gasteiger charge is -1.95. The summed E-state index contributed by atoms with van der Waals surface area (Å²) in [7, 11) is 0. The highest BCUT2D eigenvalue weighted by atomic mass is 32.2. The molecular weight excluding hydrogens is 226 g/mol. The van der Waals surface area contributed by atoms with Crippen molar-refractivity contribution in [3.8, 4) is 0 Å². The molecule has 84 valence electrons. The molecule has 0 saturated carbocycles. The van der Waals surface area contributed by atoms with Crippen molar-refractivity contribution in [2.45, 2.75) is 6.92 Å². The Hall–Kier alpha value is -1.62. The van der Waals surface area contributed by atoms with Gasteiger partial charge in [0.25, 0.3) is 0 Å². The number of pyridine rings is 1. The monoisotopic (exact) mass is 237 g/mol. The predicted octanol–water partition coefficient (Wildman–Crippen LogP) is 2.07. The van der Waals surface area contributed by atoms with Crippen LogP contribution in [-0.4, -0.2) is 26.9 Å². The third-order valence-corrected chi connectivity index (χ3v) is 2.47. The molecule has 1 N–H and O–H groups in total. The zero-order valence-corrected chi connectivity index (χ0v) is 9.53. The molecule has 0 aromatic carbocycles. The summed E-state index contributed by atoms with van der Waals surface area (Å²) in [4.78, 5) is 25.1. The van der Waals surface area contributed by atoms with Crippen molar-refractivity contribution >= 4 is 28.9 Å². The molecule has 0 unspecified atom stereocenters. The highest BCUT2D eigenvalue weighted by Gasteiger charge is 2.00. The quantitative estimate of drug-likeness (QED) is 0.868. The lowest BCUT2D eigenvalue weighted by molar-refractivity contribution is -0.109. The molecule has 4 nitrogen and oxygen atoms in total. The number of thioether (sulfide) groups is 1. The number of hydrogen-bond donors (Lipinski definition) is 1. The number of aromatic nitrogens is 1. The highest BCUT2D eigenvalue weighted by molar-refractivity contribution is 8.13. The number of carbonyl (C=O) groups excluding carboxylic acids is 1. The SMILES string of the molecule is CC(=O)SCC=Cc1ccc(C(=O)O)cn1. The summed E-state index contributed by atoms with van der Waals surface area (Å²) in [5, 5.41) is 8.72. The fourth-order valence-corrected chi connectivity index (χ4v) is 1.39. The van der Waals surface area contributed by atoms with E-state index in [1.807, 2.05) is 6.08 Å². The van der Waals surface area contributed by atoms with Crippen LogP contribution in [-0.2, 0) is 4.79 Å². The molecular formula is C11H11NO3S. The van der Waals surface area contributed by atoms with Crippen LogP contribution in [0.4, 0.5) is 0 Å². The van der Waals surface area contributed by atoms with Gasteiger partial charge in [-0.15, -0.1) is 0 Å². The van der Waals surface area contributed by atoms with Crippen LogP contribution in [0.15, 0.2) is 24.4 Å². The van der Waals surface area contributed by atoms with Crippen molar-refractivity contribution < 1.29 is 14.7 Å². The largest absolute Gasteiger partial charge is 0.478 e. The average Bonchev–Trinajstić information content (AvgIpc) is 2.25. The Morgan fingerprint density at radius 3 is 2.75 bits per heavy atom. The van der Waals surface area contributed by atoms with Crippen LogP contribution in [0.3, 0.4) is 0 Å². The number of carboxylic acid groups (broad SMARTS) is 1. The van der Waals surface area contributed by atoms with Gasteiger partial charge in [-0.1, -0.05) is 17.8 Å². The molecule has 0 spiro atoms. The summed E-state index contributed by atoms with van der Waals surface area (Å²) in [5.41, 5.74) is 0.837. The molecule has 16 heavy (non-hydrogen) atoms. The summed E-state index contributed by atoms with van der Waals surface area (Å²) in [6.45, 7) is 1.51. The second kappa shape index (κ2) is 6.07. The number of carbonyl (C=O) groups is 2. The molecule has 5 heteroatoms. The van der Waals surface area contributed by atoms with Crippen LogP contribution in [0.2, 0.25) is 0 Å². The van der Waals surface area contributed by atoms with Gasteiger partial charge in [-0.2, -0.15) is 0 Å². The minimum Gasteiger partial charge on any atom is -0.478 e. The Morgan fingerprint density at radius 1 is 1.50 bits per heavy atom. The van der Waals surface area contributed by atoms with Crippen LogP contribution < -0.4 is 0 Å². The normalized spacial score (nSPS) is 10.6. The number of carboxylic acids is 1. The summed E-state index contributed by atoms with van der Waals surface area (Å²) >= 11 is 1.21. The first-order valence-electron chi connectivity index (χ1n) is 4.59. The van der Waals surface area contributed by atoms with Gasteiger partial charge in [0, 0.05) is 18.9 Å². The first-order valence-corrected chi connectivity index (χ1v) is 5.57. The summed E-state index contributed by atoms with van der Waals surface area (Å²) in [6.07, 6.45) is 4.87. The number of rotatable bonds is 4. The molecule has 1 aromatic rings. The van der Waals surface area contributed by atoms with Crippen molar-refractivity contribution in [1.29, 1.82) is 0 Å². The molecule has 0 bridgehead atoms. The Labute approximate surface area is 97.4 Å². The third kappa shape index (κ3) is 4.27. The maximum absolute atomic E-state index is 10.6. The van der Waals surface area contributed by atoms with Gasteiger partial charge in [0.2, 0.25) is 0 Å². The molecule has 0 aliphatic carbocycles. The van der Waals surface area contributed by atoms with E-state index in [1.54, 1.807) is 12.1 Å². The van der Waals surface area contributed by atoms with Gasteiger partial charge < -0.3 is 5.11 Å². The van der Waals surface area contributed by atoms with Crippen molar-refractivity contribution in [3.05, 3.63) is 35.7 Å². The molecule has 0 saturated heterocycles. The van der Waals surface area contributed by atoms with Gasteiger partial charge in [0.1, 0.15) is 0 Å². The van der Waals surface area contributed by atoms with E-state index in [0.29, 0.717) is 11.4 Å². The minimum absolute atomic E-state index is 0.0684. The molecule has 1 heterocycles. The smallest absolute Gasteiger partial charge is 0.337 e. The van der Waals surface area contributed by atoms with E-state index in [9.17, 15) is 9.59 Å². The Morgan fingerprint density at radius 2 is 2.25 bits per heavy atom. The van der Waals surface area contributed by atoms with Gasteiger partial charge in [-0.25, -0.2) is 4.79 Å². The maximum atomic E-state index is 10.6. The van der Waals surface area contributed by atoms with Crippen LogP contribution in [0.5, 0.6) is 0 Å². The zero-order valence-electron chi connectivity index (χ0n) is 8.71. The molecule has 0 atom stereocenters. The highest BCUT2D eigenvalue weighted by Crippen LogP contribution is 2.05. The Kier molecular flexibility index (Phi) is 4.72. The molecule has 1 rings (SSSR count). The summed E-state index contributed by atoms with van der Waals surface area (Å²) in [5.74, 6) is -0.396. The van der Waals surface area contributed by atoms with E-state index in [0.717, 1.165) is 0 Å². The number of hydrogen-bond acceptors (Lipinski definition) is 4. The minimum atomic E-state index is -0.991. The summed E-state index contributed by atoms with van der Waals surface area (Å²) < 4.78 is 0. The van der Waals surface area contributed by atoms with Crippen molar-refractivity contribution in [3.63, 3.8) is 0 Å². The van der Waals surface area contributed by atoms with Crippen LogP contribution in [0.25, 0.3) is 6.08 Å². The molecule has 0 fully saturated rings. The third-order valence-electron chi connectivity index (χ3n) is 1.70. The standard InChI is InChI=1S/C11H11NO3S/c1-8(13)16-6-2-3-10-5-4-9(7-12-10)11(14)15/h2-5,7H,6H2,1H3,(H,14,15). The van der Waals surface area contributed by atoms with E-state index < -0.39 is 5.97 Å². The van der Waals surface area contributed by atoms with E-state index in [-0.39, 0.29) is 10.7 Å². The zero-order chi connectivity index (χ0) is 12.0. The van der Waals surface area contributed by atoms with Crippen molar-refractivity contribution in [1.82, 2.24) is 4.98 Å². The van der Waals surface area contributed by atoms with Crippen molar-refractivity contribution in [2.75, 3.05) is 5.75 Å². The summed E-state index contributed by atoms with van der Waals surface area (Å²) in [6, 6.07) is 3.12. The number of nitrogens with zero attached hydrogens (tertiary/aromatic N) is 1. The van der Waals surface area contributed by atoms with E-state index >= 15 is 0 Å². The Bertz CT molecular complexity index is 412. The second-order valence-electron chi connectivity index (χ2n) is 2.98. The molecule has 0 aliphatic rings. The second-order valence-corrected chi connectivity index (χ2v) is 4.18. The van der Waals surface area contributed by atoms with E-state index in [2.05, 4.69) is 4.98 Å². The van der Waals surface area contributed by atoms with E-state index in [1.165, 1.54) is 30.9 Å². The topological polar surface area (TPSA) is 67.3 Å². The average molecular weight is 237 g/mol. The van der Waals surface area contributed by atoms with E-state index in [4.69, 9.17) is 5.11 Å².